The molecule has 0 saturated heterocycles. The van der Waals surface area contributed by atoms with Gasteiger partial charge in [0.1, 0.15) is 0 Å². The molecule has 0 radical (unpaired) electrons. The molecule has 1 unspecified atom stereocenters. The maximum atomic E-state index is 4.96. The second-order valence-electron chi connectivity index (χ2n) is 6.28. The lowest BCUT2D eigenvalue weighted by atomic mass is 9.75. The van der Waals surface area contributed by atoms with E-state index >= 15 is 0 Å². The van der Waals surface area contributed by atoms with E-state index in [9.17, 15) is 0 Å². The lowest BCUT2D eigenvalue weighted by molar-refractivity contribution is -0.513. The smallest absolute Gasteiger partial charge is 0.160 e. The molecule has 0 aliphatic rings. The van der Waals surface area contributed by atoms with E-state index in [0.717, 1.165) is 19.3 Å². The fourth-order valence-electron chi connectivity index (χ4n) is 1.42. The minimum atomic E-state index is -0.396. The van der Waals surface area contributed by atoms with Crippen LogP contribution >= 0.6 is 0 Å². The highest BCUT2D eigenvalue weighted by Gasteiger charge is 2.25. The number of hydrogen-bond acceptors (Lipinski definition) is 3. The van der Waals surface area contributed by atoms with Crippen LogP contribution in [-0.4, -0.2) is 5.60 Å². The first-order valence-corrected chi connectivity index (χ1v) is 6.74. The van der Waals surface area contributed by atoms with Crippen LogP contribution in [-0.2, 0) is 14.8 Å². The molecule has 0 aromatic rings. The first-order chi connectivity index (χ1) is 8.23. The SMILES string of the molecule is CCCC(C#COOOC(C)(C)C)C(C)(C)CC. The van der Waals surface area contributed by atoms with Gasteiger partial charge in [0.25, 0.3) is 0 Å². The minimum Gasteiger partial charge on any atom is -0.252 e. The number of rotatable bonds is 6. The van der Waals surface area contributed by atoms with Crippen molar-refractivity contribution in [1.29, 1.82) is 0 Å². The maximum absolute atomic E-state index is 4.96. The van der Waals surface area contributed by atoms with E-state index < -0.39 is 5.60 Å². The summed E-state index contributed by atoms with van der Waals surface area (Å²) >= 11 is 0. The molecule has 0 fully saturated rings. The molecule has 0 saturated carbocycles. The van der Waals surface area contributed by atoms with Gasteiger partial charge < -0.3 is 0 Å². The van der Waals surface area contributed by atoms with Crippen LogP contribution in [0.4, 0.5) is 0 Å². The van der Waals surface area contributed by atoms with Crippen molar-refractivity contribution in [2.45, 2.75) is 73.3 Å². The Morgan fingerprint density at radius 3 is 2.11 bits per heavy atom. The Morgan fingerprint density at radius 2 is 1.67 bits per heavy atom. The first kappa shape index (κ1) is 17.3. The average molecular weight is 256 g/mol. The van der Waals surface area contributed by atoms with E-state index in [1.54, 1.807) is 0 Å². The van der Waals surface area contributed by atoms with Gasteiger partial charge in [0.05, 0.1) is 5.60 Å². The first-order valence-electron chi connectivity index (χ1n) is 6.74. The quantitative estimate of drug-likeness (QED) is 0.303. The molecular formula is C15H28O3. The van der Waals surface area contributed by atoms with Crippen molar-refractivity contribution in [2.75, 3.05) is 0 Å². The highest BCUT2D eigenvalue weighted by Crippen LogP contribution is 2.33. The highest BCUT2D eigenvalue weighted by atomic mass is 17.5. The molecule has 1 atom stereocenters. The summed E-state index contributed by atoms with van der Waals surface area (Å²) in [6.07, 6.45) is 5.86. The topological polar surface area (TPSA) is 27.7 Å². The van der Waals surface area contributed by atoms with Gasteiger partial charge >= 0.3 is 0 Å². The molecule has 0 heterocycles. The van der Waals surface area contributed by atoms with Crippen LogP contribution in [0.15, 0.2) is 0 Å². The van der Waals surface area contributed by atoms with Crippen molar-refractivity contribution in [3.05, 3.63) is 0 Å². The Hall–Kier alpha value is -0.720. The third-order valence-corrected chi connectivity index (χ3v) is 3.02. The summed E-state index contributed by atoms with van der Waals surface area (Å²) in [5.74, 6) is 3.43. The van der Waals surface area contributed by atoms with Gasteiger partial charge in [-0.1, -0.05) is 40.0 Å². The van der Waals surface area contributed by atoms with E-state index in [1.807, 2.05) is 20.8 Å². The second kappa shape index (κ2) is 7.66. The lowest BCUT2D eigenvalue weighted by Crippen LogP contribution is -2.22. The van der Waals surface area contributed by atoms with Gasteiger partial charge in [0.2, 0.25) is 0 Å². The largest absolute Gasteiger partial charge is 0.252 e. The van der Waals surface area contributed by atoms with Crippen LogP contribution in [0.2, 0.25) is 0 Å². The summed E-state index contributed by atoms with van der Waals surface area (Å²) in [7, 11) is 0. The van der Waals surface area contributed by atoms with E-state index in [1.165, 1.54) is 0 Å². The predicted molar refractivity (Wildman–Crippen MR) is 73.3 cm³/mol. The summed E-state index contributed by atoms with van der Waals surface area (Å²) in [5, 5.41) is 4.60. The molecule has 106 valence electrons. The Morgan fingerprint density at radius 1 is 1.06 bits per heavy atom. The molecule has 0 bridgehead atoms. The minimum absolute atomic E-state index is 0.192. The van der Waals surface area contributed by atoms with Gasteiger partial charge in [-0.25, -0.2) is 0 Å². The van der Waals surface area contributed by atoms with Crippen LogP contribution in [0.1, 0.15) is 67.7 Å². The molecule has 0 rings (SSSR count). The summed E-state index contributed by atoms with van der Waals surface area (Å²) in [6, 6.07) is 0. The van der Waals surface area contributed by atoms with Crippen molar-refractivity contribution < 1.29 is 14.8 Å². The maximum Gasteiger partial charge on any atom is 0.160 e. The van der Waals surface area contributed by atoms with Crippen molar-refractivity contribution in [2.24, 2.45) is 11.3 Å². The van der Waals surface area contributed by atoms with Gasteiger partial charge in [0.15, 0.2) is 6.11 Å². The Balaban J connectivity index is 4.27. The molecule has 0 aromatic carbocycles. The molecular weight excluding hydrogens is 228 g/mol. The predicted octanol–water partition coefficient (Wildman–Crippen LogP) is 4.48. The fraction of sp³-hybridized carbons (Fsp3) is 0.867. The van der Waals surface area contributed by atoms with Gasteiger partial charge in [-0.3, -0.25) is 4.89 Å². The molecule has 3 heteroatoms. The normalized spacial score (nSPS) is 13.7. The highest BCUT2D eigenvalue weighted by molar-refractivity contribution is 5.03. The van der Waals surface area contributed by atoms with Crippen molar-refractivity contribution >= 4 is 0 Å². The van der Waals surface area contributed by atoms with E-state index in [4.69, 9.17) is 9.78 Å². The van der Waals surface area contributed by atoms with Crippen LogP contribution in [0.5, 0.6) is 0 Å². The molecule has 3 nitrogen and oxygen atoms in total. The molecule has 0 N–H and O–H groups in total. The van der Waals surface area contributed by atoms with Crippen molar-refractivity contribution in [1.82, 2.24) is 0 Å². The fourth-order valence-corrected chi connectivity index (χ4v) is 1.42. The van der Waals surface area contributed by atoms with Gasteiger partial charge in [0, 0.05) is 5.92 Å². The summed E-state index contributed by atoms with van der Waals surface area (Å²) in [4.78, 5) is 9.70. The van der Waals surface area contributed by atoms with Gasteiger partial charge in [-0.15, -0.1) is 0 Å². The van der Waals surface area contributed by atoms with E-state index in [0.29, 0.717) is 5.92 Å². The van der Waals surface area contributed by atoms with Crippen LogP contribution in [0, 0.1) is 23.4 Å². The van der Waals surface area contributed by atoms with E-state index in [-0.39, 0.29) is 5.41 Å². The molecule has 0 spiro atoms. The van der Waals surface area contributed by atoms with Crippen LogP contribution < -0.4 is 0 Å². The molecule has 0 aliphatic heterocycles. The Bertz CT molecular complexity index is 278. The standard InChI is InChI=1S/C15H28O3/c1-8-10-13(15(6,7)9-2)11-12-16-18-17-14(3,4)5/h13H,8-10H2,1-7H3. The molecule has 18 heavy (non-hydrogen) atoms. The second-order valence-corrected chi connectivity index (χ2v) is 6.28. The van der Waals surface area contributed by atoms with Gasteiger partial charge in [-0.2, -0.15) is 4.89 Å². The van der Waals surface area contributed by atoms with Crippen LogP contribution in [0.3, 0.4) is 0 Å². The Kier molecular flexibility index (Phi) is 7.35. The zero-order valence-corrected chi connectivity index (χ0v) is 12.9. The summed E-state index contributed by atoms with van der Waals surface area (Å²) < 4.78 is 0. The van der Waals surface area contributed by atoms with Crippen molar-refractivity contribution in [3.63, 3.8) is 0 Å². The zero-order chi connectivity index (χ0) is 14.2. The summed E-state index contributed by atoms with van der Waals surface area (Å²) in [5.41, 5.74) is -0.204. The summed E-state index contributed by atoms with van der Waals surface area (Å²) in [6.45, 7) is 14.4. The van der Waals surface area contributed by atoms with E-state index in [2.05, 4.69) is 44.8 Å². The van der Waals surface area contributed by atoms with Crippen molar-refractivity contribution in [3.8, 4) is 12.0 Å². The third-order valence-electron chi connectivity index (χ3n) is 3.02. The molecule has 0 aliphatic carbocycles. The third kappa shape index (κ3) is 7.58. The average Bonchev–Trinajstić information content (AvgIpc) is 2.25. The Labute approximate surface area is 112 Å². The molecule has 0 amide bonds. The van der Waals surface area contributed by atoms with Gasteiger partial charge in [-0.05, 0) is 44.1 Å². The molecule has 0 aromatic heterocycles. The lowest BCUT2D eigenvalue weighted by Gasteiger charge is -2.29. The monoisotopic (exact) mass is 256 g/mol. The number of hydrogen-bond donors (Lipinski definition) is 0. The van der Waals surface area contributed by atoms with Crippen LogP contribution in [0.25, 0.3) is 0 Å². The zero-order valence-electron chi connectivity index (χ0n) is 12.9.